The minimum atomic E-state index is -0.271. The second-order valence-corrected chi connectivity index (χ2v) is 7.58. The minimum absolute atomic E-state index is 0.00183. The molecular weight excluding hydrogens is 353 g/mol. The number of amides is 1. The van der Waals surface area contributed by atoms with Crippen LogP contribution in [-0.4, -0.2) is 26.6 Å². The number of nitrogens with zero attached hydrogens (tertiary/aromatic N) is 3. The SMILES string of the molecule is Cc1cc(C)n(Cc2cccc(C(=O)N(Cc3cccc(F)c3)C3CC3)c2)n1. The van der Waals surface area contributed by atoms with Crippen LogP contribution in [0, 0.1) is 19.7 Å². The van der Waals surface area contributed by atoms with Crippen molar-refractivity contribution in [3.05, 3.63) is 88.5 Å². The highest BCUT2D eigenvalue weighted by molar-refractivity contribution is 5.94. The van der Waals surface area contributed by atoms with Crippen LogP contribution in [0.2, 0.25) is 0 Å². The van der Waals surface area contributed by atoms with Crippen LogP contribution in [0.3, 0.4) is 0 Å². The van der Waals surface area contributed by atoms with Crippen molar-refractivity contribution in [2.24, 2.45) is 0 Å². The second-order valence-electron chi connectivity index (χ2n) is 7.58. The van der Waals surface area contributed by atoms with Crippen LogP contribution in [-0.2, 0) is 13.1 Å². The van der Waals surface area contributed by atoms with Gasteiger partial charge in [-0.25, -0.2) is 4.39 Å². The molecule has 4 nitrogen and oxygen atoms in total. The van der Waals surface area contributed by atoms with Gasteiger partial charge in [-0.2, -0.15) is 5.10 Å². The number of hydrogen-bond donors (Lipinski definition) is 0. The zero-order valence-electron chi connectivity index (χ0n) is 16.2. The monoisotopic (exact) mass is 377 g/mol. The van der Waals surface area contributed by atoms with E-state index in [1.807, 2.05) is 59.8 Å². The second kappa shape index (κ2) is 7.58. The van der Waals surface area contributed by atoms with Gasteiger partial charge in [-0.1, -0.05) is 24.3 Å². The van der Waals surface area contributed by atoms with Gasteiger partial charge in [0, 0.05) is 23.8 Å². The summed E-state index contributed by atoms with van der Waals surface area (Å²) in [4.78, 5) is 15.1. The van der Waals surface area contributed by atoms with Crippen LogP contribution < -0.4 is 0 Å². The number of aromatic nitrogens is 2. The Morgan fingerprint density at radius 3 is 2.54 bits per heavy atom. The van der Waals surface area contributed by atoms with E-state index in [0.29, 0.717) is 18.7 Å². The summed E-state index contributed by atoms with van der Waals surface area (Å²) in [6, 6.07) is 16.5. The quantitative estimate of drug-likeness (QED) is 0.635. The number of aryl methyl sites for hydroxylation is 2. The Kier molecular flexibility index (Phi) is 4.99. The molecule has 28 heavy (non-hydrogen) atoms. The van der Waals surface area contributed by atoms with E-state index >= 15 is 0 Å². The van der Waals surface area contributed by atoms with Crippen molar-refractivity contribution < 1.29 is 9.18 Å². The Hall–Kier alpha value is -2.95. The fourth-order valence-electron chi connectivity index (χ4n) is 3.56. The topological polar surface area (TPSA) is 38.1 Å². The van der Waals surface area contributed by atoms with Crippen LogP contribution in [0.25, 0.3) is 0 Å². The molecule has 0 radical (unpaired) electrons. The molecule has 0 atom stereocenters. The smallest absolute Gasteiger partial charge is 0.254 e. The summed E-state index contributed by atoms with van der Waals surface area (Å²) >= 11 is 0. The number of hydrogen-bond acceptors (Lipinski definition) is 2. The highest BCUT2D eigenvalue weighted by Crippen LogP contribution is 2.30. The Balaban J connectivity index is 1.55. The van der Waals surface area contributed by atoms with Gasteiger partial charge in [0.2, 0.25) is 0 Å². The molecule has 1 fully saturated rings. The van der Waals surface area contributed by atoms with Crippen molar-refractivity contribution in [3.63, 3.8) is 0 Å². The summed E-state index contributed by atoms with van der Waals surface area (Å²) in [5.41, 5.74) is 4.61. The summed E-state index contributed by atoms with van der Waals surface area (Å²) in [5.74, 6) is -0.269. The lowest BCUT2D eigenvalue weighted by molar-refractivity contribution is 0.0729. The van der Waals surface area contributed by atoms with Gasteiger partial charge >= 0.3 is 0 Å². The van der Waals surface area contributed by atoms with E-state index in [1.54, 1.807) is 6.07 Å². The largest absolute Gasteiger partial charge is 0.331 e. The summed E-state index contributed by atoms with van der Waals surface area (Å²) in [5, 5.41) is 4.50. The molecule has 4 rings (SSSR count). The average Bonchev–Trinajstić information content (AvgIpc) is 3.45. The molecular formula is C23H24FN3O. The predicted molar refractivity (Wildman–Crippen MR) is 107 cm³/mol. The van der Waals surface area contributed by atoms with Crippen molar-refractivity contribution >= 4 is 5.91 Å². The third-order valence-electron chi connectivity index (χ3n) is 5.10. The van der Waals surface area contributed by atoms with Crippen molar-refractivity contribution in [1.82, 2.24) is 14.7 Å². The van der Waals surface area contributed by atoms with E-state index in [9.17, 15) is 9.18 Å². The molecule has 5 heteroatoms. The molecule has 0 N–H and O–H groups in total. The predicted octanol–water partition coefficient (Wildman–Crippen LogP) is 4.49. The molecule has 0 spiro atoms. The highest BCUT2D eigenvalue weighted by atomic mass is 19.1. The van der Waals surface area contributed by atoms with E-state index in [1.165, 1.54) is 12.1 Å². The lowest BCUT2D eigenvalue weighted by atomic mass is 10.1. The zero-order chi connectivity index (χ0) is 19.7. The fourth-order valence-corrected chi connectivity index (χ4v) is 3.56. The van der Waals surface area contributed by atoms with Gasteiger partial charge in [0.25, 0.3) is 5.91 Å². The number of benzene rings is 2. The van der Waals surface area contributed by atoms with Gasteiger partial charge in [0.05, 0.1) is 12.2 Å². The minimum Gasteiger partial charge on any atom is -0.331 e. The highest BCUT2D eigenvalue weighted by Gasteiger charge is 2.33. The first kappa shape index (κ1) is 18.4. The average molecular weight is 377 g/mol. The molecule has 3 aromatic rings. The summed E-state index contributed by atoms with van der Waals surface area (Å²) in [6.45, 7) is 5.07. The number of carbonyl (C=O) groups is 1. The number of carbonyl (C=O) groups excluding carboxylic acids is 1. The molecule has 1 amide bonds. The molecule has 2 aromatic carbocycles. The lowest BCUT2D eigenvalue weighted by Gasteiger charge is -2.23. The Labute approximate surface area is 164 Å². The first-order valence-corrected chi connectivity index (χ1v) is 9.65. The maximum atomic E-state index is 13.5. The fraction of sp³-hybridized carbons (Fsp3) is 0.304. The maximum absolute atomic E-state index is 13.5. The van der Waals surface area contributed by atoms with Gasteiger partial charge in [-0.3, -0.25) is 9.48 Å². The Morgan fingerprint density at radius 2 is 1.86 bits per heavy atom. The molecule has 0 saturated heterocycles. The maximum Gasteiger partial charge on any atom is 0.254 e. The molecule has 144 valence electrons. The van der Waals surface area contributed by atoms with Gasteiger partial charge < -0.3 is 4.90 Å². The van der Waals surface area contributed by atoms with Gasteiger partial charge in [0.1, 0.15) is 5.82 Å². The third-order valence-corrected chi connectivity index (χ3v) is 5.10. The molecule has 1 heterocycles. The van der Waals surface area contributed by atoms with E-state index in [0.717, 1.165) is 35.4 Å². The van der Waals surface area contributed by atoms with Crippen LogP contribution in [0.4, 0.5) is 4.39 Å². The number of rotatable bonds is 6. The first-order chi connectivity index (χ1) is 13.5. The zero-order valence-corrected chi connectivity index (χ0v) is 16.2. The molecule has 1 aromatic heterocycles. The van der Waals surface area contributed by atoms with Gasteiger partial charge in [0.15, 0.2) is 0 Å². The van der Waals surface area contributed by atoms with E-state index in [2.05, 4.69) is 5.10 Å². The number of halogens is 1. The van der Waals surface area contributed by atoms with Gasteiger partial charge in [-0.15, -0.1) is 0 Å². The van der Waals surface area contributed by atoms with E-state index in [-0.39, 0.29) is 17.8 Å². The van der Waals surface area contributed by atoms with Crippen LogP contribution in [0.5, 0.6) is 0 Å². The summed E-state index contributed by atoms with van der Waals surface area (Å²) < 4.78 is 15.5. The molecule has 1 aliphatic carbocycles. The van der Waals surface area contributed by atoms with Crippen LogP contribution >= 0.6 is 0 Å². The molecule has 0 aliphatic heterocycles. The van der Waals surface area contributed by atoms with E-state index in [4.69, 9.17) is 0 Å². The normalized spacial score (nSPS) is 13.5. The molecule has 1 aliphatic rings. The summed E-state index contributed by atoms with van der Waals surface area (Å²) in [6.07, 6.45) is 2.01. The molecule has 1 saturated carbocycles. The lowest BCUT2D eigenvalue weighted by Crippen LogP contribution is -2.32. The Morgan fingerprint density at radius 1 is 1.11 bits per heavy atom. The van der Waals surface area contributed by atoms with Crippen molar-refractivity contribution in [2.75, 3.05) is 0 Å². The van der Waals surface area contributed by atoms with Crippen molar-refractivity contribution in [3.8, 4) is 0 Å². The van der Waals surface area contributed by atoms with E-state index < -0.39 is 0 Å². The molecule has 0 unspecified atom stereocenters. The van der Waals surface area contributed by atoms with Crippen LogP contribution in [0.15, 0.2) is 54.6 Å². The first-order valence-electron chi connectivity index (χ1n) is 9.65. The van der Waals surface area contributed by atoms with Crippen LogP contribution in [0.1, 0.15) is 45.7 Å². The Bertz CT molecular complexity index is 1010. The summed E-state index contributed by atoms with van der Waals surface area (Å²) in [7, 11) is 0. The third kappa shape index (κ3) is 4.14. The van der Waals surface area contributed by atoms with Crippen molar-refractivity contribution in [1.29, 1.82) is 0 Å². The molecule has 0 bridgehead atoms. The van der Waals surface area contributed by atoms with Gasteiger partial charge in [-0.05, 0) is 68.1 Å². The van der Waals surface area contributed by atoms with Crippen molar-refractivity contribution in [2.45, 2.75) is 45.8 Å². The standard InChI is InChI=1S/C23H24FN3O/c1-16-11-17(2)27(25-16)15-18-5-3-7-20(12-18)23(28)26(22-9-10-22)14-19-6-4-8-21(24)13-19/h3-8,11-13,22H,9-10,14-15H2,1-2H3.